The SMILES string of the molecule is Cc1[nH]c2ccccc2c1CC(=O)NCC(O)C(F)(F)F. The molecule has 1 aromatic carbocycles. The molecule has 0 fully saturated rings. The molecule has 0 radical (unpaired) electrons. The Morgan fingerprint density at radius 1 is 1.38 bits per heavy atom. The van der Waals surface area contributed by atoms with E-state index in [1.54, 1.807) is 6.92 Å². The number of rotatable bonds is 4. The smallest absolute Gasteiger partial charge is 0.382 e. The molecule has 2 aromatic rings. The van der Waals surface area contributed by atoms with Crippen molar-refractivity contribution < 1.29 is 23.1 Å². The second-order valence-electron chi connectivity index (χ2n) is 4.81. The average molecular weight is 300 g/mol. The maximum absolute atomic E-state index is 12.1. The van der Waals surface area contributed by atoms with Crippen molar-refractivity contribution in [1.29, 1.82) is 0 Å². The van der Waals surface area contributed by atoms with E-state index in [2.05, 4.69) is 10.3 Å². The van der Waals surface area contributed by atoms with Gasteiger partial charge in [-0.3, -0.25) is 4.79 Å². The molecule has 0 saturated carbocycles. The quantitative estimate of drug-likeness (QED) is 0.809. The molecule has 1 unspecified atom stereocenters. The highest BCUT2D eigenvalue weighted by molar-refractivity contribution is 5.90. The van der Waals surface area contributed by atoms with Gasteiger partial charge >= 0.3 is 6.18 Å². The van der Waals surface area contributed by atoms with Crippen LogP contribution >= 0.6 is 0 Å². The van der Waals surface area contributed by atoms with Crippen LogP contribution in [0.15, 0.2) is 24.3 Å². The van der Waals surface area contributed by atoms with Crippen molar-refractivity contribution >= 4 is 16.8 Å². The Kier molecular flexibility index (Phi) is 4.22. The molecule has 1 atom stereocenters. The van der Waals surface area contributed by atoms with Gasteiger partial charge in [-0.05, 0) is 18.6 Å². The Morgan fingerprint density at radius 3 is 2.71 bits per heavy atom. The molecule has 1 heterocycles. The first-order chi connectivity index (χ1) is 9.79. The minimum absolute atomic E-state index is 0.0412. The van der Waals surface area contributed by atoms with Gasteiger partial charge in [0.1, 0.15) is 0 Å². The Bertz CT molecular complexity index is 649. The number of aromatic nitrogens is 1. The number of hydrogen-bond acceptors (Lipinski definition) is 2. The molecule has 7 heteroatoms. The lowest BCUT2D eigenvalue weighted by Gasteiger charge is -2.15. The highest BCUT2D eigenvalue weighted by atomic mass is 19.4. The van der Waals surface area contributed by atoms with E-state index in [9.17, 15) is 18.0 Å². The van der Waals surface area contributed by atoms with Gasteiger partial charge in [-0.25, -0.2) is 0 Å². The van der Waals surface area contributed by atoms with Crippen molar-refractivity contribution in [2.24, 2.45) is 0 Å². The van der Waals surface area contributed by atoms with Crippen molar-refractivity contribution in [2.45, 2.75) is 25.6 Å². The normalized spacial score (nSPS) is 13.4. The van der Waals surface area contributed by atoms with E-state index in [1.807, 2.05) is 24.3 Å². The number of H-pyrrole nitrogens is 1. The fraction of sp³-hybridized carbons (Fsp3) is 0.357. The van der Waals surface area contributed by atoms with Crippen LogP contribution in [-0.4, -0.2) is 34.8 Å². The van der Waals surface area contributed by atoms with Crippen LogP contribution in [0.5, 0.6) is 0 Å². The van der Waals surface area contributed by atoms with Gasteiger partial charge in [0.25, 0.3) is 0 Å². The van der Waals surface area contributed by atoms with Gasteiger partial charge < -0.3 is 15.4 Å². The number of carbonyl (C=O) groups is 1. The van der Waals surface area contributed by atoms with Crippen LogP contribution in [0.4, 0.5) is 13.2 Å². The molecular formula is C14H15F3N2O2. The molecule has 21 heavy (non-hydrogen) atoms. The standard InChI is InChI=1S/C14H15F3N2O2/c1-8-10(9-4-2-3-5-11(9)19-8)6-13(21)18-7-12(20)14(15,16)17/h2-5,12,19-20H,6-7H2,1H3,(H,18,21). The van der Waals surface area contributed by atoms with E-state index >= 15 is 0 Å². The lowest BCUT2D eigenvalue weighted by molar-refractivity contribution is -0.201. The number of aryl methyl sites for hydroxylation is 1. The molecule has 114 valence electrons. The second kappa shape index (κ2) is 5.77. The lowest BCUT2D eigenvalue weighted by Crippen LogP contribution is -2.41. The molecule has 1 amide bonds. The summed E-state index contributed by atoms with van der Waals surface area (Å²) in [5, 5.41) is 11.8. The number of hydrogen-bond donors (Lipinski definition) is 3. The van der Waals surface area contributed by atoms with Gasteiger partial charge in [0, 0.05) is 16.6 Å². The summed E-state index contributed by atoms with van der Waals surface area (Å²) in [4.78, 5) is 14.8. The molecule has 0 aliphatic carbocycles. The number of benzene rings is 1. The van der Waals surface area contributed by atoms with E-state index in [0.717, 1.165) is 22.2 Å². The van der Waals surface area contributed by atoms with Crippen molar-refractivity contribution in [3.8, 4) is 0 Å². The molecule has 0 aliphatic rings. The Labute approximate surface area is 119 Å². The van der Waals surface area contributed by atoms with Crippen LogP contribution < -0.4 is 5.32 Å². The largest absolute Gasteiger partial charge is 0.416 e. The van der Waals surface area contributed by atoms with Gasteiger partial charge in [0.05, 0.1) is 13.0 Å². The molecule has 2 rings (SSSR count). The summed E-state index contributed by atoms with van der Waals surface area (Å²) in [6, 6.07) is 7.37. The van der Waals surface area contributed by atoms with Crippen LogP contribution in [-0.2, 0) is 11.2 Å². The summed E-state index contributed by atoms with van der Waals surface area (Å²) >= 11 is 0. The van der Waals surface area contributed by atoms with Crippen LogP contribution in [0.2, 0.25) is 0 Å². The van der Waals surface area contributed by atoms with Crippen molar-refractivity contribution in [1.82, 2.24) is 10.3 Å². The van der Waals surface area contributed by atoms with Gasteiger partial charge in [-0.1, -0.05) is 18.2 Å². The van der Waals surface area contributed by atoms with E-state index in [0.29, 0.717) is 0 Å². The van der Waals surface area contributed by atoms with E-state index < -0.39 is 24.7 Å². The highest BCUT2D eigenvalue weighted by Crippen LogP contribution is 2.22. The zero-order chi connectivity index (χ0) is 15.6. The number of fused-ring (bicyclic) bond motifs is 1. The summed E-state index contributed by atoms with van der Waals surface area (Å²) in [6.07, 6.45) is -7.32. The van der Waals surface area contributed by atoms with E-state index in [4.69, 9.17) is 5.11 Å². The predicted molar refractivity (Wildman–Crippen MR) is 71.8 cm³/mol. The monoisotopic (exact) mass is 300 g/mol. The third-order valence-electron chi connectivity index (χ3n) is 3.23. The summed E-state index contributed by atoms with van der Waals surface area (Å²) < 4.78 is 36.4. The zero-order valence-electron chi connectivity index (χ0n) is 11.3. The first kappa shape index (κ1) is 15.4. The number of para-hydroxylation sites is 1. The highest BCUT2D eigenvalue weighted by Gasteiger charge is 2.38. The van der Waals surface area contributed by atoms with Crippen molar-refractivity contribution in [2.75, 3.05) is 6.54 Å². The third-order valence-corrected chi connectivity index (χ3v) is 3.23. The Morgan fingerprint density at radius 2 is 2.05 bits per heavy atom. The molecule has 4 nitrogen and oxygen atoms in total. The van der Waals surface area contributed by atoms with E-state index in [-0.39, 0.29) is 6.42 Å². The molecule has 0 bridgehead atoms. The Balaban J connectivity index is 2.04. The first-order valence-electron chi connectivity index (χ1n) is 6.36. The van der Waals surface area contributed by atoms with Crippen molar-refractivity contribution in [3.05, 3.63) is 35.5 Å². The number of amides is 1. The lowest BCUT2D eigenvalue weighted by atomic mass is 10.1. The minimum atomic E-state index is -4.73. The summed E-state index contributed by atoms with van der Waals surface area (Å²) in [6.45, 7) is 0.955. The average Bonchev–Trinajstić information content (AvgIpc) is 2.71. The fourth-order valence-corrected chi connectivity index (χ4v) is 2.11. The van der Waals surface area contributed by atoms with Crippen LogP contribution in [0.3, 0.4) is 0 Å². The molecular weight excluding hydrogens is 285 g/mol. The van der Waals surface area contributed by atoms with Crippen LogP contribution in [0.1, 0.15) is 11.3 Å². The van der Waals surface area contributed by atoms with Gasteiger partial charge in [-0.15, -0.1) is 0 Å². The number of carbonyl (C=O) groups excluding carboxylic acids is 1. The summed E-state index contributed by atoms with van der Waals surface area (Å²) in [7, 11) is 0. The Hall–Kier alpha value is -2.02. The molecule has 1 aromatic heterocycles. The fourth-order valence-electron chi connectivity index (χ4n) is 2.11. The number of aliphatic hydroxyl groups is 1. The van der Waals surface area contributed by atoms with E-state index in [1.165, 1.54) is 0 Å². The summed E-state index contributed by atoms with van der Waals surface area (Å²) in [5.41, 5.74) is 2.40. The van der Waals surface area contributed by atoms with Crippen LogP contribution in [0, 0.1) is 6.92 Å². The molecule has 0 spiro atoms. The van der Waals surface area contributed by atoms with Gasteiger partial charge in [0.2, 0.25) is 5.91 Å². The number of aliphatic hydroxyl groups excluding tert-OH is 1. The van der Waals surface area contributed by atoms with Crippen molar-refractivity contribution in [3.63, 3.8) is 0 Å². The molecule has 0 aliphatic heterocycles. The second-order valence-corrected chi connectivity index (χ2v) is 4.81. The topological polar surface area (TPSA) is 65.1 Å². The number of aromatic amines is 1. The zero-order valence-corrected chi connectivity index (χ0v) is 11.3. The third kappa shape index (κ3) is 3.55. The minimum Gasteiger partial charge on any atom is -0.382 e. The molecule has 0 saturated heterocycles. The predicted octanol–water partition coefficient (Wildman–Crippen LogP) is 2.06. The first-order valence-corrected chi connectivity index (χ1v) is 6.36. The van der Waals surface area contributed by atoms with Gasteiger partial charge in [-0.2, -0.15) is 13.2 Å². The van der Waals surface area contributed by atoms with Crippen LogP contribution in [0.25, 0.3) is 10.9 Å². The maximum atomic E-state index is 12.1. The number of halogens is 3. The maximum Gasteiger partial charge on any atom is 0.416 e. The number of nitrogens with one attached hydrogen (secondary N) is 2. The molecule has 3 N–H and O–H groups in total. The number of alkyl halides is 3. The summed E-state index contributed by atoms with van der Waals surface area (Å²) in [5.74, 6) is -0.564. The van der Waals surface area contributed by atoms with Gasteiger partial charge in [0.15, 0.2) is 6.10 Å².